The van der Waals surface area contributed by atoms with Crippen molar-refractivity contribution in [3.63, 3.8) is 0 Å². The number of halogens is 3. The van der Waals surface area contributed by atoms with E-state index in [0.717, 1.165) is 35.2 Å². The molecule has 3 heterocycles. The molecule has 1 aromatic heterocycles. The smallest absolute Gasteiger partial charge is 0.319 e. The molecular formula is C35H38ClF2N7O2. The minimum atomic E-state index is -1.03. The molecule has 2 aliphatic heterocycles. The molecular weight excluding hydrogens is 624 g/mol. The van der Waals surface area contributed by atoms with Crippen molar-refractivity contribution < 1.29 is 18.3 Å². The molecule has 1 saturated heterocycles. The second-order valence-electron chi connectivity index (χ2n) is 13.6. The Morgan fingerprint density at radius 2 is 1.98 bits per heavy atom. The fourth-order valence-electron chi connectivity index (χ4n) is 7.77. The second-order valence-corrected chi connectivity index (χ2v) is 14.0. The van der Waals surface area contributed by atoms with E-state index in [0.29, 0.717) is 55.2 Å². The van der Waals surface area contributed by atoms with E-state index in [4.69, 9.17) is 32.9 Å². The number of hydrogen-bond acceptors (Lipinski definition) is 7. The van der Waals surface area contributed by atoms with Gasteiger partial charge in [-0.05, 0) is 69.1 Å². The maximum Gasteiger partial charge on any atom is 0.319 e. The van der Waals surface area contributed by atoms with E-state index in [1.54, 1.807) is 6.07 Å². The fraction of sp³-hybridized carbons (Fsp3) is 0.486. The van der Waals surface area contributed by atoms with Crippen molar-refractivity contribution in [2.45, 2.75) is 56.8 Å². The lowest BCUT2D eigenvalue weighted by atomic mass is 10.0. The van der Waals surface area contributed by atoms with Gasteiger partial charge in [-0.3, -0.25) is 4.79 Å². The minimum Gasteiger partial charge on any atom is -0.458 e. The lowest BCUT2D eigenvalue weighted by molar-refractivity contribution is -0.131. The Labute approximate surface area is 278 Å². The van der Waals surface area contributed by atoms with Crippen molar-refractivity contribution in [1.82, 2.24) is 19.8 Å². The quantitative estimate of drug-likeness (QED) is 0.239. The Morgan fingerprint density at radius 3 is 2.70 bits per heavy atom. The zero-order valence-electron chi connectivity index (χ0n) is 26.7. The number of amides is 1. The van der Waals surface area contributed by atoms with Gasteiger partial charge in [-0.25, -0.2) is 15.4 Å². The Morgan fingerprint density at radius 1 is 1.17 bits per heavy atom. The van der Waals surface area contributed by atoms with Gasteiger partial charge in [0.15, 0.2) is 5.83 Å². The molecule has 0 radical (unpaired) electrons. The SMILES string of the molecule is [C-]#[N+]C[C@H]1CN(c2nc(O[C@@H]3CC4(CC4)C[C@H]3N(C)C)nc3c2CCN(c2cccc4ccc(F)c(Cl)c24)C3)CCN1C(=O)C(=C)F. The molecule has 1 spiro atoms. The molecule has 47 heavy (non-hydrogen) atoms. The van der Waals surface area contributed by atoms with Gasteiger partial charge in [-0.15, -0.1) is 0 Å². The van der Waals surface area contributed by atoms with Gasteiger partial charge in [-0.2, -0.15) is 9.97 Å². The van der Waals surface area contributed by atoms with Gasteiger partial charge in [0.05, 0.1) is 17.3 Å². The second kappa shape index (κ2) is 12.2. The Kier molecular flexibility index (Phi) is 8.21. The van der Waals surface area contributed by atoms with E-state index in [-0.39, 0.29) is 30.3 Å². The zero-order valence-corrected chi connectivity index (χ0v) is 27.4. The Bertz CT molecular complexity index is 1790. The third-order valence-electron chi connectivity index (χ3n) is 10.4. The molecule has 2 aromatic carbocycles. The number of ether oxygens (including phenoxy) is 1. The number of carbonyl (C=O) groups excluding carboxylic acids is 1. The largest absolute Gasteiger partial charge is 0.458 e. The van der Waals surface area contributed by atoms with Crippen LogP contribution in [0.2, 0.25) is 5.02 Å². The van der Waals surface area contributed by atoms with Crippen molar-refractivity contribution in [3.05, 3.63) is 76.3 Å². The highest BCUT2D eigenvalue weighted by Crippen LogP contribution is 2.59. The minimum absolute atomic E-state index is 0.0347. The van der Waals surface area contributed by atoms with Crippen LogP contribution in [-0.2, 0) is 17.8 Å². The highest BCUT2D eigenvalue weighted by molar-refractivity contribution is 6.36. The Balaban J connectivity index is 1.26. The topological polar surface area (TPSA) is 69.4 Å². The van der Waals surface area contributed by atoms with E-state index in [1.807, 2.05) is 18.2 Å². The summed E-state index contributed by atoms with van der Waals surface area (Å²) < 4.78 is 35.2. The van der Waals surface area contributed by atoms with Crippen LogP contribution in [0.5, 0.6) is 6.01 Å². The Hall–Kier alpha value is -4.01. The number of fused-ring (bicyclic) bond motifs is 2. The molecule has 2 saturated carbocycles. The molecule has 9 nitrogen and oxygen atoms in total. The molecule has 0 N–H and O–H groups in total. The van der Waals surface area contributed by atoms with Crippen LogP contribution in [0.1, 0.15) is 36.9 Å². The molecule has 3 atom stereocenters. The van der Waals surface area contributed by atoms with Crippen LogP contribution in [-0.4, -0.2) is 90.7 Å². The van der Waals surface area contributed by atoms with E-state index in [9.17, 15) is 13.6 Å². The third kappa shape index (κ3) is 5.87. The molecule has 246 valence electrons. The summed E-state index contributed by atoms with van der Waals surface area (Å²) in [7, 11) is 4.17. The molecule has 4 aliphatic rings. The third-order valence-corrected chi connectivity index (χ3v) is 10.8. The molecule has 12 heteroatoms. The van der Waals surface area contributed by atoms with Crippen molar-refractivity contribution in [1.29, 1.82) is 0 Å². The molecule has 0 unspecified atom stereocenters. The van der Waals surface area contributed by atoms with Crippen molar-refractivity contribution >= 4 is 39.8 Å². The van der Waals surface area contributed by atoms with Gasteiger partial charge in [0.1, 0.15) is 23.8 Å². The van der Waals surface area contributed by atoms with E-state index < -0.39 is 23.6 Å². The first kappa shape index (κ1) is 31.6. The summed E-state index contributed by atoms with van der Waals surface area (Å²) in [6.45, 7) is 12.7. The van der Waals surface area contributed by atoms with Crippen molar-refractivity contribution in [2.24, 2.45) is 5.41 Å². The molecule has 3 fully saturated rings. The van der Waals surface area contributed by atoms with Gasteiger partial charge in [-0.1, -0.05) is 36.4 Å². The molecule has 0 bridgehead atoms. The van der Waals surface area contributed by atoms with Gasteiger partial charge < -0.3 is 29.2 Å². The van der Waals surface area contributed by atoms with E-state index in [2.05, 4.69) is 40.2 Å². The number of likely N-dealkylation sites (N-methyl/N-ethyl adjacent to an activating group) is 1. The number of aromatic nitrogens is 2. The first-order valence-electron chi connectivity index (χ1n) is 16.2. The maximum atomic E-state index is 14.6. The maximum absolute atomic E-state index is 14.6. The van der Waals surface area contributed by atoms with Gasteiger partial charge >= 0.3 is 6.01 Å². The van der Waals surface area contributed by atoms with Crippen LogP contribution in [0.4, 0.5) is 20.3 Å². The average Bonchev–Trinajstić information content (AvgIpc) is 3.72. The number of rotatable bonds is 7. The average molecular weight is 662 g/mol. The normalized spacial score (nSPS) is 23.3. The summed E-state index contributed by atoms with van der Waals surface area (Å²) in [5, 5.41) is 1.61. The number of benzene rings is 2. The lowest BCUT2D eigenvalue weighted by Crippen LogP contribution is -2.57. The van der Waals surface area contributed by atoms with Crippen molar-refractivity contribution in [3.8, 4) is 6.01 Å². The van der Waals surface area contributed by atoms with Crippen LogP contribution in [0.3, 0.4) is 0 Å². The highest BCUT2D eigenvalue weighted by atomic mass is 35.5. The van der Waals surface area contributed by atoms with Gasteiger partial charge in [0.2, 0.25) is 6.54 Å². The molecule has 1 amide bonds. The number of anilines is 2. The monoisotopic (exact) mass is 661 g/mol. The first-order valence-corrected chi connectivity index (χ1v) is 16.5. The zero-order chi connectivity index (χ0) is 33.0. The van der Waals surface area contributed by atoms with Gasteiger partial charge in [0.25, 0.3) is 5.91 Å². The van der Waals surface area contributed by atoms with Crippen LogP contribution < -0.4 is 14.5 Å². The van der Waals surface area contributed by atoms with E-state index >= 15 is 0 Å². The predicted molar refractivity (Wildman–Crippen MR) is 178 cm³/mol. The lowest BCUT2D eigenvalue weighted by Gasteiger charge is -2.41. The first-order chi connectivity index (χ1) is 22.6. The summed E-state index contributed by atoms with van der Waals surface area (Å²) in [4.78, 5) is 34.1. The fourth-order valence-corrected chi connectivity index (χ4v) is 8.04. The van der Waals surface area contributed by atoms with Crippen LogP contribution in [0.25, 0.3) is 15.6 Å². The summed E-state index contributed by atoms with van der Waals surface area (Å²) >= 11 is 6.52. The number of hydrogen-bond donors (Lipinski definition) is 0. The molecule has 3 aromatic rings. The van der Waals surface area contributed by atoms with Crippen molar-refractivity contribution in [2.75, 3.05) is 56.6 Å². The van der Waals surface area contributed by atoms with Gasteiger partial charge in [0, 0.05) is 48.9 Å². The summed E-state index contributed by atoms with van der Waals surface area (Å²) in [5.74, 6) is -1.56. The van der Waals surface area contributed by atoms with Crippen LogP contribution in [0, 0.1) is 17.8 Å². The summed E-state index contributed by atoms with van der Waals surface area (Å²) in [6.07, 6.45) is 5.02. The number of piperazine rings is 1. The van der Waals surface area contributed by atoms with Crippen LogP contribution in [0.15, 0.2) is 42.7 Å². The summed E-state index contributed by atoms with van der Waals surface area (Å²) in [6, 6.07) is 8.97. The highest BCUT2D eigenvalue weighted by Gasteiger charge is 2.54. The predicted octanol–water partition coefficient (Wildman–Crippen LogP) is 5.66. The molecule has 7 rings (SSSR count). The number of nitrogens with zero attached hydrogens (tertiary/aromatic N) is 7. The standard InChI is InChI=1S/C35H38ClF2N7O2/c1-21(37)33(46)45-15-14-44(19-23(45)18-39-2)32-24-10-13-43(27-7-5-6-22-8-9-25(38)31(36)30(22)27)20-26(24)40-34(41-32)47-29-17-35(11-12-35)16-28(29)42(3)4/h5-9,23,28-29H,1,10-20H2,3-4H3/t23-,28+,29+/m0/s1. The number of carbonyl (C=O) groups is 1. The van der Waals surface area contributed by atoms with Crippen LogP contribution >= 0.6 is 11.6 Å². The van der Waals surface area contributed by atoms with E-state index in [1.165, 1.54) is 23.8 Å². The molecule has 2 aliphatic carbocycles. The summed E-state index contributed by atoms with van der Waals surface area (Å²) in [5.41, 5.74) is 2.94.